The minimum absolute atomic E-state index is 0.232. The number of carboxylic acid groups (broad SMARTS) is 1. The first kappa shape index (κ1) is 16.9. The number of nitrogens with zero attached hydrogens (tertiary/aromatic N) is 8. The van der Waals surface area contributed by atoms with Crippen LogP contribution in [-0.4, -0.2) is 57.9 Å². The first-order valence-electron chi connectivity index (χ1n) is 8.77. The molecule has 5 heterocycles. The third kappa shape index (κ3) is 2.39. The minimum Gasteiger partial charge on any atom is -0.465 e. The number of pyridine rings is 1. The number of carbonyl (C=O) groups is 1. The summed E-state index contributed by atoms with van der Waals surface area (Å²) >= 11 is 0. The number of imidazole rings is 1. The molecule has 4 aromatic rings. The highest BCUT2D eigenvalue weighted by Gasteiger charge is 2.35. The van der Waals surface area contributed by atoms with Crippen molar-refractivity contribution in [1.82, 2.24) is 33.6 Å². The third-order valence-corrected chi connectivity index (χ3v) is 5.22. The molecule has 0 aliphatic carbocycles. The molecule has 0 atom stereocenters. The van der Waals surface area contributed by atoms with Crippen molar-refractivity contribution in [3.8, 4) is 17.5 Å². The predicted octanol–water partition coefficient (Wildman–Crippen LogP) is 0.851. The Bertz CT molecular complexity index is 1400. The van der Waals surface area contributed by atoms with Crippen molar-refractivity contribution in [3.05, 3.63) is 46.8 Å². The Morgan fingerprint density at radius 1 is 1.31 bits per heavy atom. The van der Waals surface area contributed by atoms with Crippen LogP contribution in [0.3, 0.4) is 0 Å². The van der Waals surface area contributed by atoms with Crippen molar-refractivity contribution in [2.75, 3.05) is 13.1 Å². The Kier molecular flexibility index (Phi) is 3.44. The summed E-state index contributed by atoms with van der Waals surface area (Å²) in [7, 11) is 1.63. The van der Waals surface area contributed by atoms with Gasteiger partial charge in [0.15, 0.2) is 11.5 Å². The molecule has 1 fully saturated rings. The maximum atomic E-state index is 12.7. The summed E-state index contributed by atoms with van der Waals surface area (Å²) in [6.45, 7) is 0.464. The molecule has 1 amide bonds. The highest BCUT2D eigenvalue weighted by molar-refractivity contribution is 5.80. The van der Waals surface area contributed by atoms with E-state index in [1.165, 1.54) is 14.0 Å². The van der Waals surface area contributed by atoms with Gasteiger partial charge in [0.25, 0.3) is 0 Å². The minimum atomic E-state index is -1.01. The Morgan fingerprint density at radius 3 is 2.83 bits per heavy atom. The molecule has 4 aromatic heterocycles. The van der Waals surface area contributed by atoms with Gasteiger partial charge in [-0.05, 0) is 12.1 Å². The zero-order valence-electron chi connectivity index (χ0n) is 15.2. The van der Waals surface area contributed by atoms with E-state index in [-0.39, 0.29) is 24.8 Å². The molecule has 0 radical (unpaired) electrons. The standard InChI is InChI=1S/C18H14N8O3/c1-23-14-7-20-15(12-6-21-25-3-2-10(5-19)4-13(12)25)22-16(14)26(17(23)27)11-8-24(9-11)18(28)29/h2-4,6-7,11H,8-9H2,1H3,(H,28,29). The molecule has 0 aromatic carbocycles. The number of fused-ring (bicyclic) bond motifs is 2. The average Bonchev–Trinajstić information content (AvgIpc) is 3.20. The van der Waals surface area contributed by atoms with Crippen LogP contribution >= 0.6 is 0 Å². The Hall–Kier alpha value is -4.20. The highest BCUT2D eigenvalue weighted by Crippen LogP contribution is 2.26. The normalized spacial score (nSPS) is 14.3. The lowest BCUT2D eigenvalue weighted by Gasteiger charge is -2.37. The lowest BCUT2D eigenvalue weighted by atomic mass is 10.1. The van der Waals surface area contributed by atoms with Gasteiger partial charge in [-0.2, -0.15) is 10.4 Å². The van der Waals surface area contributed by atoms with E-state index < -0.39 is 6.09 Å². The van der Waals surface area contributed by atoms with Crippen LogP contribution in [0.5, 0.6) is 0 Å². The topological polar surface area (TPSA) is 134 Å². The van der Waals surface area contributed by atoms with E-state index in [1.54, 1.807) is 42.3 Å². The number of rotatable bonds is 2. The van der Waals surface area contributed by atoms with Crippen LogP contribution in [0, 0.1) is 11.3 Å². The number of hydrogen-bond acceptors (Lipinski definition) is 6. The molecule has 5 rings (SSSR count). The van der Waals surface area contributed by atoms with Gasteiger partial charge in [-0.3, -0.25) is 9.13 Å². The van der Waals surface area contributed by atoms with Crippen LogP contribution in [0.1, 0.15) is 11.6 Å². The first-order valence-corrected chi connectivity index (χ1v) is 8.77. The molecule has 0 spiro atoms. The van der Waals surface area contributed by atoms with Crippen LogP contribution in [0.2, 0.25) is 0 Å². The van der Waals surface area contributed by atoms with Crippen molar-refractivity contribution >= 4 is 22.8 Å². The Labute approximate surface area is 162 Å². The van der Waals surface area contributed by atoms with Crippen LogP contribution in [0.4, 0.5) is 4.79 Å². The van der Waals surface area contributed by atoms with E-state index in [0.29, 0.717) is 33.6 Å². The molecule has 0 bridgehead atoms. The molecule has 0 saturated carbocycles. The largest absolute Gasteiger partial charge is 0.465 e. The number of aromatic nitrogens is 6. The lowest BCUT2D eigenvalue weighted by Crippen LogP contribution is -2.52. The van der Waals surface area contributed by atoms with Gasteiger partial charge < -0.3 is 10.0 Å². The SMILES string of the molecule is Cn1c(=O)n(C2CN(C(=O)O)C2)c2nc(-c3cnn4ccc(C#N)cc34)ncc21. The molecule has 144 valence electrons. The van der Waals surface area contributed by atoms with Crippen LogP contribution in [0.25, 0.3) is 28.1 Å². The predicted molar refractivity (Wildman–Crippen MR) is 100 cm³/mol. The van der Waals surface area contributed by atoms with Crippen molar-refractivity contribution < 1.29 is 9.90 Å². The van der Waals surface area contributed by atoms with Gasteiger partial charge in [-0.1, -0.05) is 0 Å². The number of hydrogen-bond donors (Lipinski definition) is 1. The molecular weight excluding hydrogens is 376 g/mol. The van der Waals surface area contributed by atoms with Crippen molar-refractivity contribution in [3.63, 3.8) is 0 Å². The van der Waals surface area contributed by atoms with E-state index >= 15 is 0 Å². The summed E-state index contributed by atoms with van der Waals surface area (Å²) in [4.78, 5) is 34.0. The highest BCUT2D eigenvalue weighted by atomic mass is 16.4. The number of likely N-dealkylation sites (tertiary alicyclic amines) is 1. The van der Waals surface area contributed by atoms with E-state index in [9.17, 15) is 9.59 Å². The average molecular weight is 390 g/mol. The number of amides is 1. The maximum Gasteiger partial charge on any atom is 0.407 e. The Morgan fingerprint density at radius 2 is 2.10 bits per heavy atom. The van der Waals surface area contributed by atoms with Crippen molar-refractivity contribution in [1.29, 1.82) is 5.26 Å². The third-order valence-electron chi connectivity index (χ3n) is 5.22. The molecule has 1 saturated heterocycles. The molecular formula is C18H14N8O3. The molecule has 1 aliphatic rings. The molecule has 1 aliphatic heterocycles. The maximum absolute atomic E-state index is 12.7. The van der Waals surface area contributed by atoms with E-state index in [1.807, 2.05) is 0 Å². The summed E-state index contributed by atoms with van der Waals surface area (Å²) in [6, 6.07) is 5.18. The first-order chi connectivity index (χ1) is 14.0. The number of nitriles is 1. The summed E-state index contributed by atoms with van der Waals surface area (Å²) in [5.74, 6) is 0.372. The van der Waals surface area contributed by atoms with Crippen molar-refractivity contribution in [2.24, 2.45) is 7.05 Å². The van der Waals surface area contributed by atoms with Gasteiger partial charge >= 0.3 is 11.8 Å². The van der Waals surface area contributed by atoms with E-state index in [4.69, 9.17) is 10.4 Å². The zero-order valence-corrected chi connectivity index (χ0v) is 15.2. The van der Waals surface area contributed by atoms with Crippen LogP contribution in [0.15, 0.2) is 35.5 Å². The van der Waals surface area contributed by atoms with Gasteiger partial charge in [0.1, 0.15) is 5.52 Å². The van der Waals surface area contributed by atoms with E-state index in [2.05, 4.69) is 21.1 Å². The van der Waals surface area contributed by atoms with Gasteiger partial charge in [-0.15, -0.1) is 0 Å². The smallest absolute Gasteiger partial charge is 0.407 e. The monoisotopic (exact) mass is 390 g/mol. The summed E-state index contributed by atoms with van der Waals surface area (Å²) in [5.41, 5.74) is 2.52. The fourth-order valence-corrected chi connectivity index (χ4v) is 3.59. The summed E-state index contributed by atoms with van der Waals surface area (Å²) in [6.07, 6.45) is 3.85. The van der Waals surface area contributed by atoms with Gasteiger partial charge in [0.05, 0.1) is 41.1 Å². The lowest BCUT2D eigenvalue weighted by molar-refractivity contribution is 0.0855. The number of aryl methyl sites for hydroxylation is 1. The van der Waals surface area contributed by atoms with Crippen LogP contribution in [-0.2, 0) is 7.05 Å². The summed E-state index contributed by atoms with van der Waals surface area (Å²) in [5, 5.41) is 22.5. The molecule has 0 unspecified atom stereocenters. The second-order valence-electron chi connectivity index (χ2n) is 6.87. The second-order valence-corrected chi connectivity index (χ2v) is 6.87. The fourth-order valence-electron chi connectivity index (χ4n) is 3.59. The zero-order chi connectivity index (χ0) is 20.3. The molecule has 11 heteroatoms. The summed E-state index contributed by atoms with van der Waals surface area (Å²) < 4.78 is 4.59. The van der Waals surface area contributed by atoms with Gasteiger partial charge in [0, 0.05) is 26.3 Å². The molecule has 11 nitrogen and oxygen atoms in total. The fraction of sp³-hybridized carbons (Fsp3) is 0.222. The van der Waals surface area contributed by atoms with Gasteiger partial charge in [-0.25, -0.2) is 24.1 Å². The molecule has 1 N–H and O–H groups in total. The Balaban J connectivity index is 1.66. The second kappa shape index (κ2) is 5.90. The van der Waals surface area contributed by atoms with Crippen LogP contribution < -0.4 is 5.69 Å². The van der Waals surface area contributed by atoms with Gasteiger partial charge in [0.2, 0.25) is 0 Å². The quantitative estimate of drug-likeness (QED) is 0.536. The van der Waals surface area contributed by atoms with Crippen molar-refractivity contribution in [2.45, 2.75) is 6.04 Å². The molecule has 29 heavy (non-hydrogen) atoms. The van der Waals surface area contributed by atoms with E-state index in [0.717, 1.165) is 0 Å².